The lowest BCUT2D eigenvalue weighted by atomic mass is 10.1. The van der Waals surface area contributed by atoms with E-state index in [-0.39, 0.29) is 5.75 Å². The zero-order valence-electron chi connectivity index (χ0n) is 11.0. The fourth-order valence-electron chi connectivity index (χ4n) is 2.80. The van der Waals surface area contributed by atoms with Gasteiger partial charge in [0.15, 0.2) is 0 Å². The molecular formula is C14H18N2O2S. The van der Waals surface area contributed by atoms with Gasteiger partial charge in [-0.3, -0.25) is 0 Å². The fraction of sp³-hybridized carbons (Fsp3) is 0.429. The molecule has 1 N–H and O–H groups in total. The number of nitrogens with one attached hydrogen (secondary N) is 1. The van der Waals surface area contributed by atoms with E-state index in [9.17, 15) is 8.42 Å². The van der Waals surface area contributed by atoms with Gasteiger partial charge in [0.2, 0.25) is 10.0 Å². The van der Waals surface area contributed by atoms with Crippen LogP contribution in [0.25, 0.3) is 10.9 Å². The van der Waals surface area contributed by atoms with Crippen molar-refractivity contribution >= 4 is 20.9 Å². The van der Waals surface area contributed by atoms with Crippen LogP contribution in [0, 0.1) is 0 Å². The topological polar surface area (TPSA) is 53.2 Å². The van der Waals surface area contributed by atoms with Gasteiger partial charge in [0.25, 0.3) is 0 Å². The van der Waals surface area contributed by atoms with Crippen LogP contribution in [0.4, 0.5) is 0 Å². The van der Waals surface area contributed by atoms with Gasteiger partial charge in [0.1, 0.15) is 0 Å². The number of benzene rings is 1. The lowest BCUT2D eigenvalue weighted by Gasteiger charge is -2.18. The summed E-state index contributed by atoms with van der Waals surface area (Å²) < 4.78 is 25.5. The zero-order chi connectivity index (χ0) is 13.5. The molecule has 0 unspecified atom stereocenters. The maximum atomic E-state index is 12.0. The lowest BCUT2D eigenvalue weighted by Crippen LogP contribution is -2.34. The highest BCUT2D eigenvalue weighted by molar-refractivity contribution is 7.89. The molecule has 0 saturated heterocycles. The van der Waals surface area contributed by atoms with Crippen molar-refractivity contribution in [2.45, 2.75) is 19.8 Å². The number of hydrogen-bond acceptors (Lipinski definition) is 2. The smallest absolute Gasteiger partial charge is 0.213 e. The third-order valence-corrected chi connectivity index (χ3v) is 5.76. The SMILES string of the molecule is CCS(=O)(=O)N1CCc2[nH]c3ccccc3c2CC1. The van der Waals surface area contributed by atoms with E-state index in [0.29, 0.717) is 13.1 Å². The summed E-state index contributed by atoms with van der Waals surface area (Å²) in [6.45, 7) is 2.87. The van der Waals surface area contributed by atoms with E-state index >= 15 is 0 Å². The third kappa shape index (κ3) is 2.17. The van der Waals surface area contributed by atoms with Gasteiger partial charge < -0.3 is 4.98 Å². The van der Waals surface area contributed by atoms with Gasteiger partial charge in [-0.25, -0.2) is 12.7 Å². The quantitative estimate of drug-likeness (QED) is 0.912. The van der Waals surface area contributed by atoms with Crippen LogP contribution in [0.15, 0.2) is 24.3 Å². The van der Waals surface area contributed by atoms with Gasteiger partial charge in [-0.1, -0.05) is 18.2 Å². The Balaban J connectivity index is 1.96. The Morgan fingerprint density at radius 2 is 1.95 bits per heavy atom. The molecule has 0 spiro atoms. The Bertz CT molecular complexity index is 703. The highest BCUT2D eigenvalue weighted by atomic mass is 32.2. The van der Waals surface area contributed by atoms with Crippen molar-refractivity contribution in [2.75, 3.05) is 18.8 Å². The van der Waals surface area contributed by atoms with Crippen molar-refractivity contribution in [1.82, 2.24) is 9.29 Å². The fourth-order valence-corrected chi connectivity index (χ4v) is 3.90. The number of aromatic nitrogens is 1. The van der Waals surface area contributed by atoms with Crippen molar-refractivity contribution in [3.05, 3.63) is 35.5 Å². The van der Waals surface area contributed by atoms with E-state index in [4.69, 9.17) is 0 Å². The first-order valence-corrected chi connectivity index (χ1v) is 8.29. The second-order valence-corrected chi connectivity index (χ2v) is 7.18. The monoisotopic (exact) mass is 278 g/mol. The van der Waals surface area contributed by atoms with Crippen LogP contribution >= 0.6 is 0 Å². The summed E-state index contributed by atoms with van der Waals surface area (Å²) in [7, 11) is -3.07. The normalized spacial score (nSPS) is 17.3. The standard InChI is InChI=1S/C14H18N2O2S/c1-2-19(17,18)16-9-7-12-11-5-3-4-6-13(11)15-14(12)8-10-16/h3-6,15H,2,7-10H2,1H3. The third-order valence-electron chi connectivity index (χ3n) is 3.88. The molecule has 0 amide bonds. The molecule has 1 aromatic heterocycles. The molecule has 0 radical (unpaired) electrons. The average molecular weight is 278 g/mol. The summed E-state index contributed by atoms with van der Waals surface area (Å²) in [6.07, 6.45) is 1.56. The first-order valence-electron chi connectivity index (χ1n) is 6.68. The number of hydrogen-bond donors (Lipinski definition) is 1. The van der Waals surface area contributed by atoms with Gasteiger partial charge in [0.05, 0.1) is 5.75 Å². The molecule has 0 fully saturated rings. The highest BCUT2D eigenvalue weighted by Gasteiger charge is 2.24. The summed E-state index contributed by atoms with van der Waals surface area (Å²) in [5.41, 5.74) is 3.62. The van der Waals surface area contributed by atoms with Gasteiger partial charge >= 0.3 is 0 Å². The van der Waals surface area contributed by atoms with Crippen LogP contribution in [0.5, 0.6) is 0 Å². The number of sulfonamides is 1. The molecule has 0 bridgehead atoms. The summed E-state index contributed by atoms with van der Waals surface area (Å²) in [5.74, 6) is 0.182. The maximum absolute atomic E-state index is 12.0. The van der Waals surface area contributed by atoms with E-state index in [1.165, 1.54) is 16.6 Å². The number of rotatable bonds is 2. The molecule has 2 heterocycles. The molecule has 4 nitrogen and oxygen atoms in total. The summed E-state index contributed by atoms with van der Waals surface area (Å²) >= 11 is 0. The van der Waals surface area contributed by atoms with Crippen molar-refractivity contribution in [2.24, 2.45) is 0 Å². The van der Waals surface area contributed by atoms with Crippen molar-refractivity contribution < 1.29 is 8.42 Å². The molecule has 5 heteroatoms. The second kappa shape index (κ2) is 4.65. The molecule has 0 aliphatic carbocycles. The van der Waals surface area contributed by atoms with E-state index in [0.717, 1.165) is 18.4 Å². The highest BCUT2D eigenvalue weighted by Crippen LogP contribution is 2.26. The molecule has 0 saturated carbocycles. The molecule has 1 aliphatic rings. The number of nitrogens with zero attached hydrogens (tertiary/aromatic N) is 1. The van der Waals surface area contributed by atoms with Crippen LogP contribution in [-0.2, 0) is 22.9 Å². The first kappa shape index (κ1) is 12.7. The van der Waals surface area contributed by atoms with E-state index < -0.39 is 10.0 Å². The van der Waals surface area contributed by atoms with Crippen LogP contribution in [0.1, 0.15) is 18.2 Å². The molecule has 2 aromatic rings. The van der Waals surface area contributed by atoms with Gasteiger partial charge in [-0.15, -0.1) is 0 Å². The largest absolute Gasteiger partial charge is 0.358 e. The molecule has 1 aromatic carbocycles. The Hall–Kier alpha value is -1.33. The number of para-hydroxylation sites is 1. The Kier molecular flexibility index (Phi) is 3.11. The Labute approximate surface area is 113 Å². The summed E-state index contributed by atoms with van der Waals surface area (Å²) in [4.78, 5) is 3.42. The summed E-state index contributed by atoms with van der Waals surface area (Å²) in [6, 6.07) is 8.23. The molecule has 0 atom stereocenters. The van der Waals surface area contributed by atoms with E-state index in [1.54, 1.807) is 11.2 Å². The van der Waals surface area contributed by atoms with E-state index in [1.807, 2.05) is 12.1 Å². The minimum atomic E-state index is -3.07. The predicted molar refractivity (Wildman–Crippen MR) is 76.7 cm³/mol. The van der Waals surface area contributed by atoms with Crippen LogP contribution in [0.2, 0.25) is 0 Å². The van der Waals surface area contributed by atoms with Gasteiger partial charge in [0, 0.05) is 36.1 Å². The molecule has 19 heavy (non-hydrogen) atoms. The number of aromatic amines is 1. The van der Waals surface area contributed by atoms with Crippen LogP contribution < -0.4 is 0 Å². The average Bonchev–Trinajstić information content (AvgIpc) is 2.62. The summed E-state index contributed by atoms with van der Waals surface area (Å²) in [5, 5.41) is 1.23. The van der Waals surface area contributed by atoms with Crippen LogP contribution in [-0.4, -0.2) is 36.5 Å². The van der Waals surface area contributed by atoms with Crippen molar-refractivity contribution in [3.63, 3.8) is 0 Å². The molecule has 1 aliphatic heterocycles. The van der Waals surface area contributed by atoms with Crippen LogP contribution in [0.3, 0.4) is 0 Å². The second-order valence-electron chi connectivity index (χ2n) is 4.93. The minimum absolute atomic E-state index is 0.182. The number of H-pyrrole nitrogens is 1. The van der Waals surface area contributed by atoms with Crippen molar-refractivity contribution in [3.8, 4) is 0 Å². The zero-order valence-corrected chi connectivity index (χ0v) is 11.8. The minimum Gasteiger partial charge on any atom is -0.358 e. The molecular weight excluding hydrogens is 260 g/mol. The Morgan fingerprint density at radius 1 is 1.21 bits per heavy atom. The van der Waals surface area contributed by atoms with Gasteiger partial charge in [-0.05, 0) is 25.0 Å². The molecule has 102 valence electrons. The van der Waals surface area contributed by atoms with E-state index in [2.05, 4.69) is 17.1 Å². The maximum Gasteiger partial charge on any atom is 0.213 e. The first-order chi connectivity index (χ1) is 9.12. The molecule has 3 rings (SSSR count). The van der Waals surface area contributed by atoms with Gasteiger partial charge in [-0.2, -0.15) is 0 Å². The lowest BCUT2D eigenvalue weighted by molar-refractivity contribution is 0.427. The number of fused-ring (bicyclic) bond motifs is 3. The predicted octanol–water partition coefficient (Wildman–Crippen LogP) is 1.92. The Morgan fingerprint density at radius 3 is 2.74 bits per heavy atom. The van der Waals surface area contributed by atoms with Crippen molar-refractivity contribution in [1.29, 1.82) is 0 Å².